The Bertz CT molecular complexity index is 759. The number of carbonyl (C=O) groups is 1. The average molecular weight is 430 g/mol. The van der Waals surface area contributed by atoms with Crippen molar-refractivity contribution in [2.24, 2.45) is 0 Å². The molecule has 2 aromatic rings. The molecule has 0 spiro atoms. The van der Waals surface area contributed by atoms with Gasteiger partial charge in [-0.15, -0.1) is 24.8 Å². The maximum Gasteiger partial charge on any atom is 0.250 e. The van der Waals surface area contributed by atoms with Crippen LogP contribution in [0.2, 0.25) is 0 Å². The molecule has 2 fully saturated rings. The molecule has 0 unspecified atom stereocenters. The lowest BCUT2D eigenvalue weighted by atomic mass is 9.86. The van der Waals surface area contributed by atoms with Crippen LogP contribution in [0.3, 0.4) is 0 Å². The lowest BCUT2D eigenvalue weighted by molar-refractivity contribution is -0.143. The molecule has 3 heterocycles. The first-order valence-electron chi connectivity index (χ1n) is 9.20. The molecule has 1 amide bonds. The third-order valence-corrected chi connectivity index (χ3v) is 5.53. The van der Waals surface area contributed by atoms with Gasteiger partial charge in [0.05, 0.1) is 5.69 Å². The fourth-order valence-corrected chi connectivity index (χ4v) is 4.06. The van der Waals surface area contributed by atoms with E-state index < -0.39 is 5.54 Å². The van der Waals surface area contributed by atoms with Crippen LogP contribution >= 0.6 is 24.8 Å². The quantitative estimate of drug-likeness (QED) is 0.812. The van der Waals surface area contributed by atoms with Crippen LogP contribution in [0.4, 0.5) is 10.1 Å². The molecule has 1 N–H and O–H groups in total. The van der Waals surface area contributed by atoms with Crippen molar-refractivity contribution in [3.8, 4) is 0 Å². The van der Waals surface area contributed by atoms with Crippen molar-refractivity contribution in [1.29, 1.82) is 0 Å². The highest BCUT2D eigenvalue weighted by atomic mass is 35.5. The Kier molecular flexibility index (Phi) is 7.69. The normalized spacial score (nSPS) is 18.8. The van der Waals surface area contributed by atoms with Gasteiger partial charge in [-0.3, -0.25) is 9.48 Å². The summed E-state index contributed by atoms with van der Waals surface area (Å²) in [6, 6.07) is 8.69. The van der Waals surface area contributed by atoms with Gasteiger partial charge in [0.15, 0.2) is 0 Å². The third-order valence-electron chi connectivity index (χ3n) is 5.53. The van der Waals surface area contributed by atoms with Gasteiger partial charge < -0.3 is 15.1 Å². The third kappa shape index (κ3) is 4.11. The van der Waals surface area contributed by atoms with Gasteiger partial charge in [-0.1, -0.05) is 12.1 Å². The topological polar surface area (TPSA) is 53.4 Å². The second-order valence-electron chi connectivity index (χ2n) is 6.96. The van der Waals surface area contributed by atoms with Crippen molar-refractivity contribution in [2.75, 3.05) is 44.2 Å². The van der Waals surface area contributed by atoms with E-state index in [0.29, 0.717) is 31.9 Å². The molecular formula is C19H26Cl2FN5O. The lowest BCUT2D eigenvalue weighted by Gasteiger charge is -2.43. The Morgan fingerprint density at radius 1 is 1.04 bits per heavy atom. The predicted octanol–water partition coefficient (Wildman–Crippen LogP) is 2.29. The summed E-state index contributed by atoms with van der Waals surface area (Å²) in [5.74, 6) is -0.0745. The predicted molar refractivity (Wildman–Crippen MR) is 112 cm³/mol. The van der Waals surface area contributed by atoms with Crippen molar-refractivity contribution in [3.63, 3.8) is 0 Å². The summed E-state index contributed by atoms with van der Waals surface area (Å²) in [4.78, 5) is 17.4. The molecule has 2 saturated heterocycles. The van der Waals surface area contributed by atoms with E-state index in [1.807, 2.05) is 32.8 Å². The molecule has 0 bridgehead atoms. The molecular weight excluding hydrogens is 404 g/mol. The number of carbonyl (C=O) groups excluding carboxylic acids is 1. The van der Waals surface area contributed by atoms with Gasteiger partial charge in [-0.25, -0.2) is 4.39 Å². The number of piperidine rings is 1. The average Bonchev–Trinajstić information content (AvgIpc) is 3.24. The van der Waals surface area contributed by atoms with Crippen molar-refractivity contribution < 1.29 is 9.18 Å². The van der Waals surface area contributed by atoms with E-state index >= 15 is 0 Å². The van der Waals surface area contributed by atoms with E-state index in [1.54, 1.807) is 18.3 Å². The maximum absolute atomic E-state index is 14.0. The van der Waals surface area contributed by atoms with E-state index in [9.17, 15) is 9.18 Å². The second kappa shape index (κ2) is 9.58. The first kappa shape index (κ1) is 22.5. The van der Waals surface area contributed by atoms with Gasteiger partial charge >= 0.3 is 0 Å². The molecule has 4 rings (SSSR count). The van der Waals surface area contributed by atoms with E-state index in [2.05, 4.69) is 10.4 Å². The molecule has 0 atom stereocenters. The number of hydrogen-bond donors (Lipinski definition) is 1. The van der Waals surface area contributed by atoms with E-state index in [4.69, 9.17) is 0 Å². The van der Waals surface area contributed by atoms with Gasteiger partial charge in [0.1, 0.15) is 11.4 Å². The zero-order valence-corrected chi connectivity index (χ0v) is 17.2. The van der Waals surface area contributed by atoms with Crippen LogP contribution in [0.1, 0.15) is 12.8 Å². The van der Waals surface area contributed by atoms with Crippen LogP contribution in [0, 0.1) is 5.82 Å². The van der Waals surface area contributed by atoms with Crippen molar-refractivity contribution >= 4 is 36.4 Å². The van der Waals surface area contributed by atoms with E-state index in [0.717, 1.165) is 25.9 Å². The molecule has 6 nitrogen and oxygen atoms in total. The maximum atomic E-state index is 14.0. The van der Waals surface area contributed by atoms with Crippen molar-refractivity contribution in [2.45, 2.75) is 18.4 Å². The smallest absolute Gasteiger partial charge is 0.250 e. The lowest BCUT2D eigenvalue weighted by Crippen LogP contribution is -2.59. The molecule has 0 aliphatic carbocycles. The number of para-hydroxylation sites is 1. The zero-order valence-electron chi connectivity index (χ0n) is 15.6. The fourth-order valence-electron chi connectivity index (χ4n) is 4.06. The number of halogens is 3. The van der Waals surface area contributed by atoms with Gasteiger partial charge in [0.2, 0.25) is 0 Å². The summed E-state index contributed by atoms with van der Waals surface area (Å²) in [5, 5.41) is 7.72. The highest BCUT2D eigenvalue weighted by molar-refractivity contribution is 5.86. The second-order valence-corrected chi connectivity index (χ2v) is 6.96. The number of aromatic nitrogens is 2. The molecule has 1 aromatic carbocycles. The summed E-state index contributed by atoms with van der Waals surface area (Å²) in [7, 11) is 0. The fraction of sp³-hybridized carbons (Fsp3) is 0.474. The van der Waals surface area contributed by atoms with Crippen molar-refractivity contribution in [3.05, 3.63) is 48.5 Å². The number of anilines is 1. The number of piperazine rings is 1. The van der Waals surface area contributed by atoms with Crippen LogP contribution < -0.4 is 10.2 Å². The van der Waals surface area contributed by atoms with Gasteiger partial charge in [0.25, 0.3) is 5.91 Å². The molecule has 1 aromatic heterocycles. The first-order valence-corrected chi connectivity index (χ1v) is 9.20. The molecule has 0 saturated carbocycles. The Morgan fingerprint density at radius 3 is 2.32 bits per heavy atom. The Morgan fingerprint density at radius 2 is 1.71 bits per heavy atom. The van der Waals surface area contributed by atoms with Crippen LogP contribution in [0.5, 0.6) is 0 Å². The largest absolute Gasteiger partial charge is 0.366 e. The number of nitrogens with one attached hydrogen (secondary N) is 1. The van der Waals surface area contributed by atoms with Crippen LogP contribution in [-0.2, 0) is 10.3 Å². The molecule has 28 heavy (non-hydrogen) atoms. The molecule has 154 valence electrons. The van der Waals surface area contributed by atoms with Crippen LogP contribution in [0.25, 0.3) is 0 Å². The molecule has 2 aliphatic rings. The summed E-state index contributed by atoms with van der Waals surface area (Å²) in [6.07, 6.45) is 5.09. The Labute approximate surface area is 176 Å². The Hall–Kier alpha value is -1.83. The molecule has 2 aliphatic heterocycles. The summed E-state index contributed by atoms with van der Waals surface area (Å²) in [5.41, 5.74) is 0.0119. The van der Waals surface area contributed by atoms with Crippen molar-refractivity contribution in [1.82, 2.24) is 20.0 Å². The van der Waals surface area contributed by atoms with Crippen LogP contribution in [0.15, 0.2) is 42.7 Å². The highest BCUT2D eigenvalue weighted by Crippen LogP contribution is 2.30. The van der Waals surface area contributed by atoms with E-state index in [1.165, 1.54) is 6.07 Å². The Balaban J connectivity index is 0.00000140. The van der Waals surface area contributed by atoms with Gasteiger partial charge in [0, 0.05) is 38.6 Å². The molecule has 0 radical (unpaired) electrons. The summed E-state index contributed by atoms with van der Waals surface area (Å²) < 4.78 is 15.9. The van der Waals surface area contributed by atoms with E-state index in [-0.39, 0.29) is 36.5 Å². The van der Waals surface area contributed by atoms with Gasteiger partial charge in [-0.05, 0) is 44.1 Å². The number of rotatable bonds is 3. The monoisotopic (exact) mass is 429 g/mol. The number of benzene rings is 1. The first-order chi connectivity index (χ1) is 12.7. The van der Waals surface area contributed by atoms with Gasteiger partial charge in [-0.2, -0.15) is 5.10 Å². The SMILES string of the molecule is Cl.Cl.O=C(N1CCN(c2ccccc2F)CC1)C1(n2cccn2)CCNCC1. The minimum absolute atomic E-state index is 0. The highest BCUT2D eigenvalue weighted by Gasteiger charge is 2.45. The summed E-state index contributed by atoms with van der Waals surface area (Å²) >= 11 is 0. The minimum atomic E-state index is -0.602. The minimum Gasteiger partial charge on any atom is -0.366 e. The number of amides is 1. The number of hydrogen-bond acceptors (Lipinski definition) is 4. The number of nitrogens with zero attached hydrogens (tertiary/aromatic N) is 4. The molecule has 9 heteroatoms. The standard InChI is InChI=1S/C19H24FN5O.2ClH/c20-16-4-1-2-5-17(16)23-12-14-24(15-13-23)18(26)19(6-9-21-10-7-19)25-11-3-8-22-25;;/h1-5,8,11,21H,6-7,9-10,12-15H2;2*1H. The van der Waals surface area contributed by atoms with Crippen LogP contribution in [-0.4, -0.2) is 59.9 Å². The zero-order chi connectivity index (χ0) is 18.0. The summed E-state index contributed by atoms with van der Waals surface area (Å²) in [6.45, 7) is 4.09.